The highest BCUT2D eigenvalue weighted by Gasteiger charge is 2.39. The van der Waals surface area contributed by atoms with E-state index in [4.69, 9.17) is 4.52 Å². The van der Waals surface area contributed by atoms with E-state index in [9.17, 15) is 0 Å². The van der Waals surface area contributed by atoms with Crippen LogP contribution >= 0.6 is 0 Å². The van der Waals surface area contributed by atoms with Crippen LogP contribution in [0.4, 0.5) is 0 Å². The van der Waals surface area contributed by atoms with Crippen molar-refractivity contribution in [2.75, 3.05) is 7.05 Å². The summed E-state index contributed by atoms with van der Waals surface area (Å²) in [5.41, 5.74) is 2.95. The Morgan fingerprint density at radius 3 is 2.77 bits per heavy atom. The summed E-state index contributed by atoms with van der Waals surface area (Å²) in [6.45, 7) is 2.77. The molecule has 4 rings (SSSR count). The number of hydrogen-bond donors (Lipinski definition) is 1. The molecule has 0 aliphatic heterocycles. The van der Waals surface area contributed by atoms with E-state index in [0.717, 1.165) is 47.7 Å². The van der Waals surface area contributed by atoms with Crippen molar-refractivity contribution < 1.29 is 4.52 Å². The SMILES string of the molecule is CCc1nccn1Cc1cc(-c2ccc(C#CC3(NC)CC3)cc2)on1. The molecule has 132 valence electrons. The van der Waals surface area contributed by atoms with Gasteiger partial charge in [0.1, 0.15) is 11.5 Å². The molecule has 0 radical (unpaired) electrons. The van der Waals surface area contributed by atoms with E-state index < -0.39 is 0 Å². The van der Waals surface area contributed by atoms with Crippen LogP contribution < -0.4 is 5.32 Å². The van der Waals surface area contributed by atoms with Gasteiger partial charge in [-0.2, -0.15) is 0 Å². The van der Waals surface area contributed by atoms with Gasteiger partial charge in [0.05, 0.1) is 12.1 Å². The molecule has 0 unspecified atom stereocenters. The lowest BCUT2D eigenvalue weighted by molar-refractivity contribution is 0.421. The maximum absolute atomic E-state index is 5.52. The van der Waals surface area contributed by atoms with Gasteiger partial charge in [0, 0.05) is 36.0 Å². The third kappa shape index (κ3) is 3.42. The molecular weight excluding hydrogens is 324 g/mol. The first-order chi connectivity index (χ1) is 12.7. The maximum atomic E-state index is 5.52. The normalized spacial score (nSPS) is 14.7. The second-order valence-corrected chi connectivity index (χ2v) is 6.67. The Bertz CT molecular complexity index is 952. The molecule has 3 aromatic rings. The van der Waals surface area contributed by atoms with Gasteiger partial charge in [-0.05, 0) is 44.2 Å². The molecule has 0 saturated heterocycles. The number of imidazole rings is 1. The predicted octanol–water partition coefficient (Wildman–Crippen LogP) is 3.25. The van der Waals surface area contributed by atoms with Crippen LogP contribution in [0.5, 0.6) is 0 Å². The largest absolute Gasteiger partial charge is 0.356 e. The molecule has 5 heteroatoms. The van der Waals surface area contributed by atoms with Crippen molar-refractivity contribution in [3.05, 3.63) is 59.8 Å². The molecular formula is C21H22N4O. The van der Waals surface area contributed by atoms with Gasteiger partial charge in [0.15, 0.2) is 5.76 Å². The molecule has 26 heavy (non-hydrogen) atoms. The third-order valence-corrected chi connectivity index (χ3v) is 4.85. The number of aromatic nitrogens is 3. The van der Waals surface area contributed by atoms with E-state index in [1.807, 2.05) is 49.8 Å². The van der Waals surface area contributed by atoms with Crippen LogP contribution in [0, 0.1) is 11.8 Å². The fraction of sp³-hybridized carbons (Fsp3) is 0.333. The molecule has 0 bridgehead atoms. The van der Waals surface area contributed by atoms with E-state index in [1.54, 1.807) is 0 Å². The monoisotopic (exact) mass is 346 g/mol. The molecule has 1 saturated carbocycles. The van der Waals surface area contributed by atoms with Crippen molar-refractivity contribution in [1.29, 1.82) is 0 Å². The number of hydrogen-bond acceptors (Lipinski definition) is 4. The minimum atomic E-state index is 0.0448. The van der Waals surface area contributed by atoms with Gasteiger partial charge in [0.25, 0.3) is 0 Å². The van der Waals surface area contributed by atoms with Crippen LogP contribution in [-0.2, 0) is 13.0 Å². The van der Waals surface area contributed by atoms with E-state index in [-0.39, 0.29) is 5.54 Å². The van der Waals surface area contributed by atoms with Crippen molar-refractivity contribution in [3.8, 4) is 23.2 Å². The van der Waals surface area contributed by atoms with Gasteiger partial charge < -0.3 is 14.4 Å². The summed E-state index contributed by atoms with van der Waals surface area (Å²) in [4.78, 5) is 4.34. The van der Waals surface area contributed by atoms with Crippen molar-refractivity contribution >= 4 is 0 Å². The fourth-order valence-electron chi connectivity index (χ4n) is 2.97. The highest BCUT2D eigenvalue weighted by Crippen LogP contribution is 2.33. The van der Waals surface area contributed by atoms with Crippen molar-refractivity contribution in [3.63, 3.8) is 0 Å². The smallest absolute Gasteiger partial charge is 0.167 e. The molecule has 1 N–H and O–H groups in total. The average molecular weight is 346 g/mol. The zero-order valence-corrected chi connectivity index (χ0v) is 15.1. The van der Waals surface area contributed by atoms with Gasteiger partial charge in [-0.15, -0.1) is 0 Å². The maximum Gasteiger partial charge on any atom is 0.167 e. The Morgan fingerprint density at radius 1 is 1.27 bits per heavy atom. The van der Waals surface area contributed by atoms with Gasteiger partial charge >= 0.3 is 0 Å². The molecule has 2 aromatic heterocycles. The molecule has 0 amide bonds. The summed E-state index contributed by atoms with van der Waals surface area (Å²) in [6.07, 6.45) is 6.95. The van der Waals surface area contributed by atoms with Crippen LogP contribution in [0.2, 0.25) is 0 Å². The molecule has 1 aliphatic carbocycles. The minimum absolute atomic E-state index is 0.0448. The van der Waals surface area contributed by atoms with Gasteiger partial charge in [-0.1, -0.05) is 23.9 Å². The highest BCUT2D eigenvalue weighted by molar-refractivity contribution is 5.59. The first-order valence-corrected chi connectivity index (χ1v) is 8.99. The Labute approximate surface area is 153 Å². The first-order valence-electron chi connectivity index (χ1n) is 8.99. The quantitative estimate of drug-likeness (QED) is 0.721. The second-order valence-electron chi connectivity index (χ2n) is 6.67. The van der Waals surface area contributed by atoms with Crippen molar-refractivity contribution in [1.82, 2.24) is 20.0 Å². The Hall–Kier alpha value is -2.84. The van der Waals surface area contributed by atoms with Gasteiger partial charge in [0.2, 0.25) is 0 Å². The lowest BCUT2D eigenvalue weighted by Gasteiger charge is -2.03. The number of nitrogens with zero attached hydrogens (tertiary/aromatic N) is 3. The predicted molar refractivity (Wildman–Crippen MR) is 101 cm³/mol. The average Bonchev–Trinajstić information content (AvgIpc) is 3.08. The topological polar surface area (TPSA) is 55.9 Å². The Kier molecular flexibility index (Phi) is 4.36. The lowest BCUT2D eigenvalue weighted by atomic mass is 10.1. The lowest BCUT2D eigenvalue weighted by Crippen LogP contribution is -2.24. The third-order valence-electron chi connectivity index (χ3n) is 4.85. The second kappa shape index (κ2) is 6.81. The number of benzene rings is 1. The Morgan fingerprint density at radius 2 is 2.08 bits per heavy atom. The summed E-state index contributed by atoms with van der Waals surface area (Å²) < 4.78 is 7.62. The summed E-state index contributed by atoms with van der Waals surface area (Å²) >= 11 is 0. The summed E-state index contributed by atoms with van der Waals surface area (Å²) in [5, 5.41) is 7.48. The summed E-state index contributed by atoms with van der Waals surface area (Å²) in [5.74, 6) is 8.40. The van der Waals surface area contributed by atoms with Crippen LogP contribution in [0.1, 0.15) is 36.8 Å². The highest BCUT2D eigenvalue weighted by atomic mass is 16.5. The van der Waals surface area contributed by atoms with Crippen molar-refractivity contribution in [2.45, 2.75) is 38.3 Å². The summed E-state index contributed by atoms with van der Waals surface area (Å²) in [7, 11) is 1.97. The summed E-state index contributed by atoms with van der Waals surface area (Å²) in [6, 6.07) is 10.1. The van der Waals surface area contributed by atoms with Crippen LogP contribution in [0.3, 0.4) is 0 Å². The first kappa shape index (κ1) is 16.6. The van der Waals surface area contributed by atoms with Gasteiger partial charge in [-0.3, -0.25) is 0 Å². The molecule has 1 aromatic carbocycles. The molecule has 5 nitrogen and oxygen atoms in total. The van der Waals surface area contributed by atoms with Crippen LogP contribution in [0.25, 0.3) is 11.3 Å². The zero-order chi connectivity index (χ0) is 18.0. The number of rotatable bonds is 5. The Balaban J connectivity index is 1.47. The molecule has 0 atom stereocenters. The molecule has 1 aliphatic rings. The van der Waals surface area contributed by atoms with E-state index in [1.165, 1.54) is 0 Å². The van der Waals surface area contributed by atoms with Crippen LogP contribution in [-0.4, -0.2) is 27.3 Å². The van der Waals surface area contributed by atoms with Crippen LogP contribution in [0.15, 0.2) is 47.2 Å². The standard InChI is InChI=1S/C21H22N4O/c1-3-20-23-12-13-25(20)15-18-14-19(26-24-18)17-6-4-16(5-7-17)8-9-21(22-2)10-11-21/h4-7,12-14,22H,3,10-11,15H2,1-2H3. The molecule has 1 fully saturated rings. The number of aryl methyl sites for hydroxylation is 1. The zero-order valence-electron chi connectivity index (χ0n) is 15.1. The van der Waals surface area contributed by atoms with Crippen molar-refractivity contribution in [2.24, 2.45) is 0 Å². The minimum Gasteiger partial charge on any atom is -0.356 e. The van der Waals surface area contributed by atoms with E-state index in [2.05, 4.69) is 38.8 Å². The van der Waals surface area contributed by atoms with E-state index in [0.29, 0.717) is 6.54 Å². The molecule has 0 spiro atoms. The molecule has 2 heterocycles. The van der Waals surface area contributed by atoms with Gasteiger partial charge in [-0.25, -0.2) is 4.98 Å². The number of nitrogens with one attached hydrogen (secondary N) is 1. The fourth-order valence-corrected chi connectivity index (χ4v) is 2.97. The van der Waals surface area contributed by atoms with E-state index >= 15 is 0 Å².